The van der Waals surface area contributed by atoms with Crippen molar-refractivity contribution in [2.24, 2.45) is 0 Å². The van der Waals surface area contributed by atoms with E-state index >= 15 is 0 Å². The van der Waals surface area contributed by atoms with E-state index in [0.717, 1.165) is 0 Å². The molecule has 1 aliphatic rings. The average molecular weight is 439 g/mol. The third-order valence-corrected chi connectivity index (χ3v) is 4.75. The first-order chi connectivity index (χ1) is 14.5. The van der Waals surface area contributed by atoms with Crippen molar-refractivity contribution in [3.8, 4) is 0 Å². The SMILES string of the molecule is CCOC(=O)c1cnn2ccc(N[C@@H]3CCCC(F)(F)[C@@H]3NC(=O)OC(C)(C)C)nc12. The standard InChI is InChI=1S/C20H27F2N5O4/c1-5-30-17(28)12-11-23-27-10-8-14(25-16(12)27)24-13-7-6-9-20(21,22)15(13)26-18(29)31-19(2,3)4/h8,10-11,13,15H,5-7,9H2,1-4H3,(H,24,25)(H,26,29)/t13-,15-/m1/s1. The van der Waals surface area contributed by atoms with Gasteiger partial charge in [0.15, 0.2) is 5.65 Å². The summed E-state index contributed by atoms with van der Waals surface area (Å²) in [6.45, 7) is 6.86. The zero-order chi connectivity index (χ0) is 22.8. The van der Waals surface area contributed by atoms with Crippen LogP contribution in [0.2, 0.25) is 0 Å². The summed E-state index contributed by atoms with van der Waals surface area (Å²) in [6.07, 6.45) is 2.33. The van der Waals surface area contributed by atoms with Gasteiger partial charge in [0.1, 0.15) is 23.0 Å². The second-order valence-electron chi connectivity index (χ2n) is 8.39. The molecule has 0 aromatic carbocycles. The molecule has 0 unspecified atom stereocenters. The molecule has 2 atom stereocenters. The molecule has 170 valence electrons. The first-order valence-electron chi connectivity index (χ1n) is 10.2. The third-order valence-electron chi connectivity index (χ3n) is 4.75. The maximum Gasteiger partial charge on any atom is 0.408 e. The summed E-state index contributed by atoms with van der Waals surface area (Å²) in [5.74, 6) is -3.42. The predicted molar refractivity (Wildman–Crippen MR) is 108 cm³/mol. The summed E-state index contributed by atoms with van der Waals surface area (Å²) < 4.78 is 40.9. The van der Waals surface area contributed by atoms with Crippen LogP contribution in [0.15, 0.2) is 18.5 Å². The molecule has 0 spiro atoms. The zero-order valence-corrected chi connectivity index (χ0v) is 17.9. The van der Waals surface area contributed by atoms with Gasteiger partial charge in [-0.25, -0.2) is 27.9 Å². The highest BCUT2D eigenvalue weighted by atomic mass is 19.3. The van der Waals surface area contributed by atoms with Crippen molar-refractivity contribution in [2.45, 2.75) is 70.6 Å². The van der Waals surface area contributed by atoms with Gasteiger partial charge in [0.05, 0.1) is 18.8 Å². The van der Waals surface area contributed by atoms with E-state index in [0.29, 0.717) is 6.42 Å². The Balaban J connectivity index is 1.83. The van der Waals surface area contributed by atoms with E-state index in [1.165, 1.54) is 10.7 Å². The van der Waals surface area contributed by atoms with Crippen LogP contribution < -0.4 is 10.6 Å². The number of anilines is 1. The highest BCUT2D eigenvalue weighted by molar-refractivity contribution is 5.95. The number of fused-ring (bicyclic) bond motifs is 1. The van der Waals surface area contributed by atoms with E-state index < -0.39 is 35.7 Å². The molecule has 0 saturated heterocycles. The Morgan fingerprint density at radius 3 is 2.77 bits per heavy atom. The van der Waals surface area contributed by atoms with Crippen LogP contribution in [0.3, 0.4) is 0 Å². The van der Waals surface area contributed by atoms with E-state index in [2.05, 4.69) is 20.7 Å². The maximum absolute atomic E-state index is 14.7. The lowest BCUT2D eigenvalue weighted by Crippen LogP contribution is -2.59. The number of hydrogen-bond donors (Lipinski definition) is 2. The molecule has 9 nitrogen and oxygen atoms in total. The summed E-state index contributed by atoms with van der Waals surface area (Å²) in [4.78, 5) is 28.6. The average Bonchev–Trinajstić information content (AvgIpc) is 3.06. The number of nitrogens with one attached hydrogen (secondary N) is 2. The van der Waals surface area contributed by atoms with Gasteiger partial charge in [0.2, 0.25) is 0 Å². The van der Waals surface area contributed by atoms with Crippen LogP contribution in [0.4, 0.5) is 19.4 Å². The quantitative estimate of drug-likeness (QED) is 0.688. The second kappa shape index (κ2) is 8.64. The molecular formula is C20H27F2N5O4. The van der Waals surface area contributed by atoms with Gasteiger partial charge in [0.25, 0.3) is 5.92 Å². The van der Waals surface area contributed by atoms with Crippen molar-refractivity contribution in [3.63, 3.8) is 0 Å². The van der Waals surface area contributed by atoms with Crippen molar-refractivity contribution in [1.82, 2.24) is 19.9 Å². The minimum Gasteiger partial charge on any atom is -0.462 e. The molecule has 1 aliphatic carbocycles. The summed E-state index contributed by atoms with van der Waals surface area (Å²) in [6, 6.07) is -0.713. The molecule has 11 heteroatoms. The van der Waals surface area contributed by atoms with E-state index in [4.69, 9.17) is 9.47 Å². The maximum atomic E-state index is 14.7. The van der Waals surface area contributed by atoms with Crippen LogP contribution in [0, 0.1) is 0 Å². The van der Waals surface area contributed by atoms with Gasteiger partial charge in [-0.1, -0.05) is 0 Å². The van der Waals surface area contributed by atoms with Gasteiger partial charge < -0.3 is 20.1 Å². The van der Waals surface area contributed by atoms with E-state index in [-0.39, 0.29) is 36.5 Å². The fourth-order valence-corrected chi connectivity index (χ4v) is 3.46. The molecule has 2 heterocycles. The number of esters is 1. The molecule has 2 aromatic heterocycles. The molecular weight excluding hydrogens is 412 g/mol. The molecule has 0 bridgehead atoms. The minimum absolute atomic E-state index is 0.169. The first-order valence-corrected chi connectivity index (χ1v) is 10.2. The normalized spacial score (nSPS) is 20.8. The number of halogens is 2. The van der Waals surface area contributed by atoms with Crippen LogP contribution in [-0.4, -0.2) is 56.9 Å². The summed E-state index contributed by atoms with van der Waals surface area (Å²) in [5.41, 5.74) is -0.403. The van der Waals surface area contributed by atoms with Gasteiger partial charge in [-0.05, 0) is 46.6 Å². The number of ether oxygens (including phenoxy) is 2. The van der Waals surface area contributed by atoms with Gasteiger partial charge in [-0.3, -0.25) is 0 Å². The lowest BCUT2D eigenvalue weighted by atomic mass is 9.87. The fourth-order valence-electron chi connectivity index (χ4n) is 3.46. The number of alkyl carbamates (subject to hydrolysis) is 1. The second-order valence-corrected chi connectivity index (χ2v) is 8.39. The van der Waals surface area contributed by atoms with E-state index in [9.17, 15) is 18.4 Å². The van der Waals surface area contributed by atoms with E-state index in [1.807, 2.05) is 0 Å². The van der Waals surface area contributed by atoms with Crippen LogP contribution >= 0.6 is 0 Å². The topological polar surface area (TPSA) is 107 Å². The van der Waals surface area contributed by atoms with Gasteiger partial charge in [0, 0.05) is 12.6 Å². The summed E-state index contributed by atoms with van der Waals surface area (Å²) in [7, 11) is 0. The van der Waals surface area contributed by atoms with Crippen molar-refractivity contribution in [1.29, 1.82) is 0 Å². The van der Waals surface area contributed by atoms with Crippen molar-refractivity contribution in [2.75, 3.05) is 11.9 Å². The lowest BCUT2D eigenvalue weighted by Gasteiger charge is -2.39. The third kappa shape index (κ3) is 5.39. The monoisotopic (exact) mass is 439 g/mol. The Hall–Kier alpha value is -2.98. The highest BCUT2D eigenvalue weighted by Gasteiger charge is 2.48. The molecule has 2 N–H and O–H groups in total. The van der Waals surface area contributed by atoms with Crippen molar-refractivity contribution >= 4 is 23.5 Å². The Morgan fingerprint density at radius 1 is 1.35 bits per heavy atom. The fraction of sp³-hybridized carbons (Fsp3) is 0.600. The number of carbonyl (C=O) groups is 2. The Bertz CT molecular complexity index is 957. The zero-order valence-electron chi connectivity index (χ0n) is 17.9. The Labute approximate surface area is 178 Å². The highest BCUT2D eigenvalue weighted by Crippen LogP contribution is 2.35. The smallest absolute Gasteiger partial charge is 0.408 e. The summed E-state index contributed by atoms with van der Waals surface area (Å²) >= 11 is 0. The largest absolute Gasteiger partial charge is 0.462 e. The predicted octanol–water partition coefficient (Wildman–Crippen LogP) is 3.40. The Kier molecular flexibility index (Phi) is 6.33. The van der Waals surface area contributed by atoms with Crippen molar-refractivity contribution < 1.29 is 27.8 Å². The summed E-state index contributed by atoms with van der Waals surface area (Å²) in [5, 5.41) is 9.36. The van der Waals surface area contributed by atoms with Crippen LogP contribution in [0.25, 0.3) is 5.65 Å². The number of carbonyl (C=O) groups excluding carboxylic acids is 2. The number of hydrogen-bond acceptors (Lipinski definition) is 7. The number of amides is 1. The van der Waals surface area contributed by atoms with Crippen LogP contribution in [0.5, 0.6) is 0 Å². The number of nitrogens with zero attached hydrogens (tertiary/aromatic N) is 3. The minimum atomic E-state index is -3.12. The number of rotatable bonds is 5. The molecule has 31 heavy (non-hydrogen) atoms. The van der Waals surface area contributed by atoms with Crippen LogP contribution in [-0.2, 0) is 9.47 Å². The molecule has 0 aliphatic heterocycles. The molecule has 0 radical (unpaired) electrons. The number of alkyl halides is 2. The Morgan fingerprint density at radius 2 is 2.10 bits per heavy atom. The molecule has 1 amide bonds. The van der Waals surface area contributed by atoms with Gasteiger partial charge >= 0.3 is 12.1 Å². The van der Waals surface area contributed by atoms with Gasteiger partial charge in [-0.2, -0.15) is 5.10 Å². The van der Waals surface area contributed by atoms with E-state index in [1.54, 1.807) is 40.0 Å². The molecule has 2 aromatic rings. The molecule has 3 rings (SSSR count). The van der Waals surface area contributed by atoms with Crippen LogP contribution in [0.1, 0.15) is 57.3 Å². The number of aromatic nitrogens is 3. The molecule has 1 fully saturated rings. The first kappa shape index (κ1) is 22.7. The molecule has 1 saturated carbocycles. The van der Waals surface area contributed by atoms with Crippen molar-refractivity contribution in [3.05, 3.63) is 24.0 Å². The van der Waals surface area contributed by atoms with Gasteiger partial charge in [-0.15, -0.1) is 0 Å². The lowest BCUT2D eigenvalue weighted by molar-refractivity contribution is -0.0691.